The van der Waals surface area contributed by atoms with E-state index in [4.69, 9.17) is 9.47 Å². The maximum absolute atomic E-state index is 13.7. The molecule has 0 spiro atoms. The van der Waals surface area contributed by atoms with E-state index in [1.807, 2.05) is 24.3 Å². The summed E-state index contributed by atoms with van der Waals surface area (Å²) < 4.78 is 11.0. The number of carbonyl (C=O) groups excluding carboxylic acids is 2. The highest BCUT2D eigenvalue weighted by Gasteiger charge is 2.44. The van der Waals surface area contributed by atoms with E-state index in [1.54, 1.807) is 12.0 Å². The lowest BCUT2D eigenvalue weighted by Gasteiger charge is -2.37. The molecule has 1 atom stereocenters. The summed E-state index contributed by atoms with van der Waals surface area (Å²) in [6.07, 6.45) is 1.56. The van der Waals surface area contributed by atoms with Crippen LogP contribution in [-0.4, -0.2) is 44.7 Å². The Balaban J connectivity index is 1.56. The van der Waals surface area contributed by atoms with Crippen LogP contribution in [0.2, 0.25) is 0 Å². The zero-order valence-electron chi connectivity index (χ0n) is 18.4. The molecule has 0 bridgehead atoms. The molecular formula is C25H30N2O4. The molecule has 0 radical (unpaired) electrons. The van der Waals surface area contributed by atoms with Crippen molar-refractivity contribution in [2.24, 2.45) is 0 Å². The highest BCUT2D eigenvalue weighted by Crippen LogP contribution is 2.37. The van der Waals surface area contributed by atoms with Crippen molar-refractivity contribution >= 4 is 17.5 Å². The van der Waals surface area contributed by atoms with Gasteiger partial charge in [0.25, 0.3) is 0 Å². The summed E-state index contributed by atoms with van der Waals surface area (Å²) in [5.74, 6) is 0.627. The molecule has 31 heavy (non-hydrogen) atoms. The number of nitrogens with zero attached hydrogens (tertiary/aromatic N) is 1. The van der Waals surface area contributed by atoms with Crippen molar-refractivity contribution in [2.45, 2.75) is 44.6 Å². The van der Waals surface area contributed by atoms with Gasteiger partial charge in [-0.3, -0.25) is 9.59 Å². The van der Waals surface area contributed by atoms with Crippen LogP contribution in [0.1, 0.15) is 36.0 Å². The van der Waals surface area contributed by atoms with Gasteiger partial charge in [-0.05, 0) is 44.4 Å². The van der Waals surface area contributed by atoms with E-state index in [-0.39, 0.29) is 24.3 Å². The molecule has 6 nitrogen and oxygen atoms in total. The number of anilines is 1. The van der Waals surface area contributed by atoms with Crippen LogP contribution < -0.4 is 15.0 Å². The predicted octanol–water partition coefficient (Wildman–Crippen LogP) is 3.28. The van der Waals surface area contributed by atoms with Crippen LogP contribution in [0.5, 0.6) is 5.75 Å². The molecule has 164 valence electrons. The summed E-state index contributed by atoms with van der Waals surface area (Å²) >= 11 is 0. The third kappa shape index (κ3) is 4.17. The number of rotatable bonds is 5. The van der Waals surface area contributed by atoms with Gasteiger partial charge in [0.1, 0.15) is 5.75 Å². The Morgan fingerprint density at radius 3 is 2.48 bits per heavy atom. The monoisotopic (exact) mass is 422 g/mol. The molecule has 2 saturated heterocycles. The second kappa shape index (κ2) is 8.71. The number of hydrogen-bond donors (Lipinski definition) is 1. The fraction of sp³-hybridized carbons (Fsp3) is 0.440. The molecule has 4 rings (SSSR count). The molecule has 1 N–H and O–H groups in total. The first-order valence-corrected chi connectivity index (χ1v) is 10.8. The van der Waals surface area contributed by atoms with Crippen LogP contribution in [0.15, 0.2) is 42.5 Å². The number of aryl methyl sites for hydroxylation is 2. The Bertz CT molecular complexity index is 961. The van der Waals surface area contributed by atoms with Gasteiger partial charge in [-0.1, -0.05) is 41.5 Å². The number of hydrogen-bond acceptors (Lipinski definition) is 4. The van der Waals surface area contributed by atoms with Crippen LogP contribution in [0.25, 0.3) is 0 Å². The fourth-order valence-corrected chi connectivity index (χ4v) is 4.83. The highest BCUT2D eigenvalue weighted by molar-refractivity contribution is 5.98. The van der Waals surface area contributed by atoms with Crippen molar-refractivity contribution in [2.75, 3.05) is 31.8 Å². The van der Waals surface area contributed by atoms with E-state index in [2.05, 4.69) is 37.4 Å². The molecule has 2 aliphatic heterocycles. The van der Waals surface area contributed by atoms with E-state index in [0.29, 0.717) is 38.3 Å². The Hall–Kier alpha value is -2.86. The van der Waals surface area contributed by atoms with Gasteiger partial charge >= 0.3 is 0 Å². The zero-order valence-corrected chi connectivity index (χ0v) is 18.4. The average Bonchev–Trinajstić information content (AvgIpc) is 3.13. The van der Waals surface area contributed by atoms with Crippen LogP contribution >= 0.6 is 0 Å². The van der Waals surface area contributed by atoms with Gasteiger partial charge < -0.3 is 19.7 Å². The minimum atomic E-state index is -0.629. The topological polar surface area (TPSA) is 67.9 Å². The maximum atomic E-state index is 13.7. The Labute approximate surface area is 183 Å². The molecule has 0 saturated carbocycles. The van der Waals surface area contributed by atoms with E-state index >= 15 is 0 Å². The number of methoxy groups -OCH3 is 1. The normalized spacial score (nSPS) is 20.5. The first kappa shape index (κ1) is 21.4. The maximum Gasteiger partial charge on any atom is 0.231 e. The first-order valence-electron chi connectivity index (χ1n) is 10.8. The van der Waals surface area contributed by atoms with Crippen molar-refractivity contribution in [1.29, 1.82) is 0 Å². The van der Waals surface area contributed by atoms with Crippen LogP contribution in [-0.2, 0) is 19.7 Å². The van der Waals surface area contributed by atoms with Crippen molar-refractivity contribution in [3.63, 3.8) is 0 Å². The molecule has 1 unspecified atom stereocenters. The Kier molecular flexibility index (Phi) is 6.01. The van der Waals surface area contributed by atoms with Crippen molar-refractivity contribution < 1.29 is 19.1 Å². The molecule has 0 aliphatic carbocycles. The van der Waals surface area contributed by atoms with E-state index in [9.17, 15) is 9.59 Å². The van der Waals surface area contributed by atoms with Crippen molar-refractivity contribution in [3.05, 3.63) is 59.2 Å². The summed E-state index contributed by atoms with van der Waals surface area (Å²) in [6, 6.07) is 13.6. The van der Waals surface area contributed by atoms with E-state index < -0.39 is 5.41 Å². The van der Waals surface area contributed by atoms with Crippen LogP contribution in [0.4, 0.5) is 5.69 Å². The Morgan fingerprint density at radius 2 is 1.81 bits per heavy atom. The Morgan fingerprint density at radius 1 is 1.13 bits per heavy atom. The third-order valence-electron chi connectivity index (χ3n) is 6.39. The number of amides is 2. The largest absolute Gasteiger partial charge is 0.495 e. The van der Waals surface area contributed by atoms with Gasteiger partial charge in [-0.25, -0.2) is 0 Å². The lowest BCUT2D eigenvalue weighted by molar-refractivity contribution is -0.131. The van der Waals surface area contributed by atoms with Crippen molar-refractivity contribution in [3.8, 4) is 5.75 Å². The number of ether oxygens (including phenoxy) is 2. The second-order valence-corrected chi connectivity index (χ2v) is 8.62. The average molecular weight is 423 g/mol. The van der Waals surface area contributed by atoms with Gasteiger partial charge in [-0.15, -0.1) is 0 Å². The summed E-state index contributed by atoms with van der Waals surface area (Å²) in [5.41, 5.74) is 3.44. The summed E-state index contributed by atoms with van der Waals surface area (Å²) in [4.78, 5) is 28.1. The molecule has 6 heteroatoms. The number of benzene rings is 2. The number of carbonyl (C=O) groups is 2. The van der Waals surface area contributed by atoms with E-state index in [0.717, 1.165) is 22.4 Å². The SMILES string of the molecule is COc1ccccc1N1CC(NC(=O)C2(c3cc(C)cc(C)c3)CCOCC2)CC1=O. The van der Waals surface area contributed by atoms with Crippen molar-refractivity contribution in [1.82, 2.24) is 5.32 Å². The molecular weight excluding hydrogens is 392 g/mol. The van der Waals surface area contributed by atoms with Gasteiger partial charge in [0.15, 0.2) is 0 Å². The highest BCUT2D eigenvalue weighted by atomic mass is 16.5. The molecule has 2 aromatic carbocycles. The molecule has 2 amide bonds. The molecule has 0 aromatic heterocycles. The first-order chi connectivity index (χ1) is 14.9. The molecule has 2 aromatic rings. The smallest absolute Gasteiger partial charge is 0.231 e. The lowest BCUT2D eigenvalue weighted by atomic mass is 9.72. The van der Waals surface area contributed by atoms with Gasteiger partial charge in [0.2, 0.25) is 11.8 Å². The minimum absolute atomic E-state index is 0.0118. The van der Waals surface area contributed by atoms with Gasteiger partial charge in [0, 0.05) is 26.2 Å². The quantitative estimate of drug-likeness (QED) is 0.803. The minimum Gasteiger partial charge on any atom is -0.495 e. The summed E-state index contributed by atoms with van der Waals surface area (Å²) in [6.45, 7) is 5.66. The zero-order chi connectivity index (χ0) is 22.0. The standard InChI is InChI=1S/C25H30N2O4/c1-17-12-18(2)14-19(13-17)25(8-10-31-11-9-25)24(29)26-20-15-23(28)27(16-20)21-6-4-5-7-22(21)30-3/h4-7,12-14,20H,8-11,15-16H2,1-3H3,(H,26,29). The molecule has 2 aliphatic rings. The third-order valence-corrected chi connectivity index (χ3v) is 6.39. The summed E-state index contributed by atoms with van der Waals surface area (Å²) in [5, 5.41) is 3.20. The second-order valence-electron chi connectivity index (χ2n) is 8.62. The van der Waals surface area contributed by atoms with E-state index in [1.165, 1.54) is 0 Å². The fourth-order valence-electron chi connectivity index (χ4n) is 4.83. The lowest BCUT2D eigenvalue weighted by Crippen LogP contribution is -2.51. The summed E-state index contributed by atoms with van der Waals surface area (Å²) in [7, 11) is 1.59. The molecule has 2 fully saturated rings. The molecule has 2 heterocycles. The number of nitrogens with one attached hydrogen (secondary N) is 1. The van der Waals surface area contributed by atoms with Crippen LogP contribution in [0, 0.1) is 13.8 Å². The van der Waals surface area contributed by atoms with Crippen LogP contribution in [0.3, 0.4) is 0 Å². The predicted molar refractivity (Wildman–Crippen MR) is 120 cm³/mol. The van der Waals surface area contributed by atoms with Gasteiger partial charge in [-0.2, -0.15) is 0 Å². The van der Waals surface area contributed by atoms with Gasteiger partial charge in [0.05, 0.1) is 24.3 Å². The number of para-hydroxylation sites is 2.